The number of rotatable bonds is 5. The second-order valence-corrected chi connectivity index (χ2v) is 4.81. The number of halogens is 1. The van der Waals surface area contributed by atoms with E-state index in [4.69, 9.17) is 0 Å². The molecular formula is C17H20FN. The smallest absolute Gasteiger partial charge is 0.131 e. The molecule has 1 nitrogen and oxygen atoms in total. The molecule has 0 aliphatic carbocycles. The van der Waals surface area contributed by atoms with E-state index in [2.05, 4.69) is 12.2 Å². The van der Waals surface area contributed by atoms with E-state index in [1.165, 1.54) is 0 Å². The Balaban J connectivity index is 2.22. The molecule has 0 unspecified atom stereocenters. The van der Waals surface area contributed by atoms with Crippen molar-refractivity contribution in [3.05, 3.63) is 59.4 Å². The van der Waals surface area contributed by atoms with E-state index in [1.807, 2.05) is 43.3 Å². The third-order valence-corrected chi connectivity index (χ3v) is 3.22. The van der Waals surface area contributed by atoms with Crippen molar-refractivity contribution in [3.63, 3.8) is 0 Å². The van der Waals surface area contributed by atoms with Crippen molar-refractivity contribution in [1.29, 1.82) is 0 Å². The van der Waals surface area contributed by atoms with Crippen molar-refractivity contribution in [2.75, 3.05) is 6.54 Å². The molecule has 0 aliphatic heterocycles. The molecule has 0 saturated carbocycles. The molecule has 0 amide bonds. The fourth-order valence-corrected chi connectivity index (χ4v) is 2.17. The third kappa shape index (κ3) is 3.42. The van der Waals surface area contributed by atoms with Gasteiger partial charge in [-0.1, -0.05) is 43.3 Å². The third-order valence-electron chi connectivity index (χ3n) is 3.22. The topological polar surface area (TPSA) is 12.0 Å². The largest absolute Gasteiger partial charge is 0.313 e. The molecule has 2 rings (SSSR count). The van der Waals surface area contributed by atoms with Gasteiger partial charge >= 0.3 is 0 Å². The lowest BCUT2D eigenvalue weighted by atomic mass is 9.99. The molecule has 0 atom stereocenters. The molecule has 0 bridgehead atoms. The Morgan fingerprint density at radius 3 is 2.53 bits per heavy atom. The SMILES string of the molecule is CCCNCc1ccc(-c2ccccc2C)c(F)c1. The normalized spacial score (nSPS) is 10.7. The van der Waals surface area contributed by atoms with E-state index in [0.29, 0.717) is 5.56 Å². The van der Waals surface area contributed by atoms with Gasteiger partial charge in [-0.3, -0.25) is 0 Å². The van der Waals surface area contributed by atoms with Crippen LogP contribution in [0.2, 0.25) is 0 Å². The van der Waals surface area contributed by atoms with Crippen LogP contribution in [0.5, 0.6) is 0 Å². The fourth-order valence-electron chi connectivity index (χ4n) is 2.17. The molecule has 1 N–H and O–H groups in total. The summed E-state index contributed by atoms with van der Waals surface area (Å²) in [6, 6.07) is 13.4. The monoisotopic (exact) mass is 257 g/mol. The van der Waals surface area contributed by atoms with Crippen molar-refractivity contribution >= 4 is 0 Å². The van der Waals surface area contributed by atoms with Crippen LogP contribution in [0.15, 0.2) is 42.5 Å². The summed E-state index contributed by atoms with van der Waals surface area (Å²) < 4.78 is 14.2. The highest BCUT2D eigenvalue weighted by atomic mass is 19.1. The predicted octanol–water partition coefficient (Wildman–Crippen LogP) is 4.30. The van der Waals surface area contributed by atoms with Gasteiger partial charge in [-0.25, -0.2) is 4.39 Å². The summed E-state index contributed by atoms with van der Waals surface area (Å²) in [6.07, 6.45) is 1.09. The van der Waals surface area contributed by atoms with E-state index in [0.717, 1.165) is 36.2 Å². The lowest BCUT2D eigenvalue weighted by Crippen LogP contribution is -2.13. The fraction of sp³-hybridized carbons (Fsp3) is 0.294. The van der Waals surface area contributed by atoms with Crippen molar-refractivity contribution in [2.45, 2.75) is 26.8 Å². The molecule has 0 aliphatic rings. The van der Waals surface area contributed by atoms with Gasteiger partial charge in [0, 0.05) is 12.1 Å². The molecule has 0 heterocycles. The van der Waals surface area contributed by atoms with Crippen LogP contribution in [0, 0.1) is 12.7 Å². The molecule has 2 aromatic rings. The Kier molecular flexibility index (Phi) is 4.69. The number of aryl methyl sites for hydroxylation is 1. The maximum atomic E-state index is 14.2. The average Bonchev–Trinajstić information content (AvgIpc) is 2.40. The summed E-state index contributed by atoms with van der Waals surface area (Å²) in [5.41, 5.74) is 3.73. The minimum Gasteiger partial charge on any atom is -0.313 e. The molecular weight excluding hydrogens is 237 g/mol. The van der Waals surface area contributed by atoms with E-state index >= 15 is 0 Å². The van der Waals surface area contributed by atoms with Crippen LogP contribution < -0.4 is 5.32 Å². The first kappa shape index (κ1) is 13.8. The molecule has 19 heavy (non-hydrogen) atoms. The summed E-state index contributed by atoms with van der Waals surface area (Å²) in [5.74, 6) is -0.148. The molecule has 0 spiro atoms. The van der Waals surface area contributed by atoms with Crippen molar-refractivity contribution < 1.29 is 4.39 Å². The molecule has 0 aromatic heterocycles. The molecule has 2 aromatic carbocycles. The lowest BCUT2D eigenvalue weighted by molar-refractivity contribution is 0.622. The highest BCUT2D eigenvalue weighted by Crippen LogP contribution is 2.26. The first-order chi connectivity index (χ1) is 9.22. The summed E-state index contributed by atoms with van der Waals surface area (Å²) in [5, 5.41) is 3.28. The van der Waals surface area contributed by atoms with E-state index in [-0.39, 0.29) is 5.82 Å². The first-order valence-electron chi connectivity index (χ1n) is 6.77. The Hall–Kier alpha value is -1.67. The minimum atomic E-state index is -0.148. The summed E-state index contributed by atoms with van der Waals surface area (Å²) >= 11 is 0. The predicted molar refractivity (Wildman–Crippen MR) is 78.6 cm³/mol. The van der Waals surface area contributed by atoms with Crippen LogP contribution in [0.3, 0.4) is 0 Å². The molecule has 2 heteroatoms. The Labute approximate surface area is 114 Å². The Bertz CT molecular complexity index is 549. The van der Waals surface area contributed by atoms with Gasteiger partial charge in [0.1, 0.15) is 5.82 Å². The van der Waals surface area contributed by atoms with Gasteiger partial charge in [0.15, 0.2) is 0 Å². The number of hydrogen-bond donors (Lipinski definition) is 1. The molecule has 0 radical (unpaired) electrons. The maximum Gasteiger partial charge on any atom is 0.131 e. The standard InChI is InChI=1S/C17H20FN/c1-3-10-19-12-14-8-9-16(17(18)11-14)15-7-5-4-6-13(15)2/h4-9,11,19H,3,10,12H2,1-2H3. The van der Waals surface area contributed by atoms with Crippen molar-refractivity contribution in [1.82, 2.24) is 5.32 Å². The maximum absolute atomic E-state index is 14.2. The van der Waals surface area contributed by atoms with Crippen molar-refractivity contribution in [3.8, 4) is 11.1 Å². The molecule has 0 saturated heterocycles. The van der Waals surface area contributed by atoms with Crippen LogP contribution in [0.25, 0.3) is 11.1 Å². The van der Waals surface area contributed by atoms with Crippen molar-refractivity contribution in [2.24, 2.45) is 0 Å². The lowest BCUT2D eigenvalue weighted by Gasteiger charge is -2.09. The van der Waals surface area contributed by atoms with Crippen LogP contribution in [-0.4, -0.2) is 6.54 Å². The highest BCUT2D eigenvalue weighted by molar-refractivity contribution is 5.67. The first-order valence-corrected chi connectivity index (χ1v) is 6.77. The van der Waals surface area contributed by atoms with Gasteiger partial charge < -0.3 is 5.32 Å². The van der Waals surface area contributed by atoms with Gasteiger partial charge in [0.25, 0.3) is 0 Å². The Morgan fingerprint density at radius 2 is 1.84 bits per heavy atom. The van der Waals surface area contributed by atoms with E-state index in [9.17, 15) is 4.39 Å². The summed E-state index contributed by atoms with van der Waals surface area (Å²) in [4.78, 5) is 0. The quantitative estimate of drug-likeness (QED) is 0.787. The second-order valence-electron chi connectivity index (χ2n) is 4.81. The zero-order valence-corrected chi connectivity index (χ0v) is 11.5. The second kappa shape index (κ2) is 6.48. The van der Waals surface area contributed by atoms with Crippen LogP contribution in [0.1, 0.15) is 24.5 Å². The zero-order chi connectivity index (χ0) is 13.7. The van der Waals surface area contributed by atoms with Gasteiger partial charge in [-0.2, -0.15) is 0 Å². The molecule has 0 fully saturated rings. The minimum absolute atomic E-state index is 0.148. The van der Waals surface area contributed by atoms with Gasteiger partial charge in [-0.15, -0.1) is 0 Å². The van der Waals surface area contributed by atoms with Gasteiger partial charge in [0.2, 0.25) is 0 Å². The van der Waals surface area contributed by atoms with Gasteiger partial charge in [0.05, 0.1) is 0 Å². The summed E-state index contributed by atoms with van der Waals surface area (Å²) in [6.45, 7) is 5.81. The summed E-state index contributed by atoms with van der Waals surface area (Å²) in [7, 11) is 0. The van der Waals surface area contributed by atoms with Crippen LogP contribution >= 0.6 is 0 Å². The van der Waals surface area contributed by atoms with Gasteiger partial charge in [-0.05, 0) is 42.6 Å². The number of benzene rings is 2. The zero-order valence-electron chi connectivity index (χ0n) is 11.5. The Morgan fingerprint density at radius 1 is 1.05 bits per heavy atom. The number of nitrogens with one attached hydrogen (secondary N) is 1. The number of hydrogen-bond acceptors (Lipinski definition) is 1. The highest BCUT2D eigenvalue weighted by Gasteiger charge is 2.07. The van der Waals surface area contributed by atoms with Crippen LogP contribution in [0.4, 0.5) is 4.39 Å². The molecule has 100 valence electrons. The van der Waals surface area contributed by atoms with E-state index in [1.54, 1.807) is 6.07 Å². The average molecular weight is 257 g/mol. The van der Waals surface area contributed by atoms with Crippen LogP contribution in [-0.2, 0) is 6.54 Å². The van der Waals surface area contributed by atoms with E-state index < -0.39 is 0 Å².